The third-order valence-corrected chi connectivity index (χ3v) is 3.52. The standard InChI is InChI=1S/C17H16ClF3N2O2/c1-2-25-15-8-7-11(17(19,20)21)9-14(15)23-16(24)10-22-13-6-4-3-5-12(13)18/h3-9,22H,2,10H2,1H3,(H,23,24). The molecule has 8 heteroatoms. The molecule has 2 rings (SSSR count). The number of anilines is 2. The lowest BCUT2D eigenvalue weighted by molar-refractivity contribution is -0.137. The Morgan fingerprint density at radius 2 is 1.88 bits per heavy atom. The zero-order valence-electron chi connectivity index (χ0n) is 13.3. The van der Waals surface area contributed by atoms with Gasteiger partial charge in [-0.2, -0.15) is 13.2 Å². The van der Waals surface area contributed by atoms with E-state index in [-0.39, 0.29) is 24.6 Å². The minimum Gasteiger partial charge on any atom is -0.492 e. The van der Waals surface area contributed by atoms with Crippen LogP contribution in [-0.4, -0.2) is 19.1 Å². The van der Waals surface area contributed by atoms with Crippen LogP contribution in [0.1, 0.15) is 12.5 Å². The fraction of sp³-hybridized carbons (Fsp3) is 0.235. The molecule has 0 bridgehead atoms. The molecule has 2 aromatic rings. The van der Waals surface area contributed by atoms with Gasteiger partial charge in [-0.15, -0.1) is 0 Å². The first-order chi connectivity index (χ1) is 11.8. The van der Waals surface area contributed by atoms with E-state index in [1.165, 1.54) is 6.07 Å². The van der Waals surface area contributed by atoms with Crippen molar-refractivity contribution in [2.24, 2.45) is 0 Å². The molecule has 0 radical (unpaired) electrons. The summed E-state index contributed by atoms with van der Waals surface area (Å²) in [5.74, 6) is -0.359. The summed E-state index contributed by atoms with van der Waals surface area (Å²) >= 11 is 5.97. The molecule has 0 aromatic heterocycles. The fourth-order valence-corrected chi connectivity index (χ4v) is 2.26. The van der Waals surface area contributed by atoms with Crippen molar-refractivity contribution in [3.05, 3.63) is 53.1 Å². The minimum atomic E-state index is -4.51. The van der Waals surface area contributed by atoms with Crippen LogP contribution in [0.25, 0.3) is 0 Å². The highest BCUT2D eigenvalue weighted by molar-refractivity contribution is 6.33. The predicted octanol–water partition coefficient (Wildman–Crippen LogP) is 4.81. The van der Waals surface area contributed by atoms with E-state index in [1.54, 1.807) is 31.2 Å². The second kappa shape index (κ2) is 8.11. The molecular weight excluding hydrogens is 357 g/mol. The average molecular weight is 373 g/mol. The molecule has 2 aromatic carbocycles. The monoisotopic (exact) mass is 372 g/mol. The Kier molecular flexibility index (Phi) is 6.14. The molecule has 0 saturated carbocycles. The summed E-state index contributed by atoms with van der Waals surface area (Å²) in [7, 11) is 0. The van der Waals surface area contributed by atoms with Gasteiger partial charge < -0.3 is 15.4 Å². The Labute approximate surface area is 147 Å². The van der Waals surface area contributed by atoms with Crippen molar-refractivity contribution in [3.8, 4) is 5.75 Å². The summed E-state index contributed by atoms with van der Waals surface area (Å²) in [6.07, 6.45) is -4.51. The van der Waals surface area contributed by atoms with Gasteiger partial charge in [0.05, 0.1) is 35.1 Å². The van der Waals surface area contributed by atoms with Gasteiger partial charge in [0, 0.05) is 0 Å². The average Bonchev–Trinajstić information content (AvgIpc) is 2.55. The molecule has 4 nitrogen and oxygen atoms in total. The maximum absolute atomic E-state index is 12.9. The molecule has 0 saturated heterocycles. The van der Waals surface area contributed by atoms with E-state index in [2.05, 4.69) is 10.6 Å². The molecule has 1 amide bonds. The molecule has 0 fully saturated rings. The smallest absolute Gasteiger partial charge is 0.416 e. The quantitative estimate of drug-likeness (QED) is 0.765. The van der Waals surface area contributed by atoms with Crippen LogP contribution in [0.3, 0.4) is 0 Å². The van der Waals surface area contributed by atoms with Crippen LogP contribution in [-0.2, 0) is 11.0 Å². The molecule has 0 heterocycles. The molecular formula is C17H16ClF3N2O2. The van der Waals surface area contributed by atoms with E-state index in [9.17, 15) is 18.0 Å². The van der Waals surface area contributed by atoms with Crippen LogP contribution in [0, 0.1) is 0 Å². The number of alkyl halides is 3. The predicted molar refractivity (Wildman–Crippen MR) is 91.2 cm³/mol. The summed E-state index contributed by atoms with van der Waals surface area (Å²) in [6.45, 7) is 1.79. The first kappa shape index (κ1) is 18.9. The number of ether oxygens (including phenoxy) is 1. The third kappa shape index (κ3) is 5.29. The van der Waals surface area contributed by atoms with Crippen molar-refractivity contribution in [2.75, 3.05) is 23.8 Å². The van der Waals surface area contributed by atoms with Crippen LogP contribution in [0.2, 0.25) is 5.02 Å². The zero-order valence-corrected chi connectivity index (χ0v) is 14.0. The Balaban J connectivity index is 2.11. The van der Waals surface area contributed by atoms with E-state index >= 15 is 0 Å². The van der Waals surface area contributed by atoms with E-state index in [0.29, 0.717) is 10.7 Å². The van der Waals surface area contributed by atoms with Gasteiger partial charge in [0.1, 0.15) is 5.75 Å². The van der Waals surface area contributed by atoms with E-state index in [1.807, 2.05) is 0 Å². The topological polar surface area (TPSA) is 50.4 Å². The Hall–Kier alpha value is -2.41. The minimum absolute atomic E-state index is 0.0392. The van der Waals surface area contributed by atoms with Gasteiger partial charge in [0.15, 0.2) is 0 Å². The summed E-state index contributed by atoms with van der Waals surface area (Å²) < 4.78 is 43.8. The number of nitrogens with one attached hydrogen (secondary N) is 2. The maximum Gasteiger partial charge on any atom is 0.416 e. The SMILES string of the molecule is CCOc1ccc(C(F)(F)F)cc1NC(=O)CNc1ccccc1Cl. The number of benzene rings is 2. The van der Waals surface area contributed by atoms with Gasteiger partial charge in [0.2, 0.25) is 5.91 Å². The molecule has 0 aliphatic rings. The van der Waals surface area contributed by atoms with Crippen LogP contribution in [0.5, 0.6) is 5.75 Å². The molecule has 25 heavy (non-hydrogen) atoms. The van der Waals surface area contributed by atoms with Gasteiger partial charge in [0.25, 0.3) is 0 Å². The van der Waals surface area contributed by atoms with Crippen molar-refractivity contribution in [1.29, 1.82) is 0 Å². The molecule has 0 unspecified atom stereocenters. The number of carbonyl (C=O) groups excluding carboxylic acids is 1. The molecule has 0 aliphatic carbocycles. The summed E-state index contributed by atoms with van der Waals surface area (Å²) in [6, 6.07) is 9.76. The first-order valence-corrected chi connectivity index (χ1v) is 7.81. The Morgan fingerprint density at radius 1 is 1.16 bits per heavy atom. The normalized spacial score (nSPS) is 11.1. The maximum atomic E-state index is 12.9. The number of hydrogen-bond donors (Lipinski definition) is 2. The molecule has 134 valence electrons. The highest BCUT2D eigenvalue weighted by Gasteiger charge is 2.31. The lowest BCUT2D eigenvalue weighted by atomic mass is 10.1. The van der Waals surface area contributed by atoms with Crippen molar-refractivity contribution in [1.82, 2.24) is 0 Å². The van der Waals surface area contributed by atoms with Gasteiger partial charge in [-0.3, -0.25) is 4.79 Å². The molecule has 0 atom stereocenters. The highest BCUT2D eigenvalue weighted by atomic mass is 35.5. The lowest BCUT2D eigenvalue weighted by Gasteiger charge is -2.15. The molecule has 0 spiro atoms. The Morgan fingerprint density at radius 3 is 2.52 bits per heavy atom. The Bertz CT molecular complexity index is 751. The van der Waals surface area contributed by atoms with E-state index in [4.69, 9.17) is 16.3 Å². The summed E-state index contributed by atoms with van der Waals surface area (Å²) in [5.41, 5.74) is -0.360. The van der Waals surface area contributed by atoms with Crippen LogP contribution in [0.15, 0.2) is 42.5 Å². The van der Waals surface area contributed by atoms with Crippen molar-refractivity contribution >= 4 is 28.9 Å². The second-order valence-electron chi connectivity index (χ2n) is 5.02. The van der Waals surface area contributed by atoms with Gasteiger partial charge in [-0.05, 0) is 37.3 Å². The lowest BCUT2D eigenvalue weighted by Crippen LogP contribution is -2.22. The molecule has 2 N–H and O–H groups in total. The fourth-order valence-electron chi connectivity index (χ4n) is 2.06. The highest BCUT2D eigenvalue weighted by Crippen LogP contribution is 2.35. The number of amides is 1. The third-order valence-electron chi connectivity index (χ3n) is 3.19. The zero-order chi connectivity index (χ0) is 18.4. The van der Waals surface area contributed by atoms with Crippen LogP contribution in [0.4, 0.5) is 24.5 Å². The second-order valence-corrected chi connectivity index (χ2v) is 5.43. The number of para-hydroxylation sites is 1. The van der Waals surface area contributed by atoms with Gasteiger partial charge >= 0.3 is 6.18 Å². The number of carbonyl (C=O) groups is 1. The summed E-state index contributed by atoms with van der Waals surface area (Å²) in [4.78, 5) is 12.1. The van der Waals surface area contributed by atoms with Crippen LogP contribution >= 0.6 is 11.6 Å². The van der Waals surface area contributed by atoms with Crippen molar-refractivity contribution < 1.29 is 22.7 Å². The van der Waals surface area contributed by atoms with Gasteiger partial charge in [-0.1, -0.05) is 23.7 Å². The van der Waals surface area contributed by atoms with Gasteiger partial charge in [-0.25, -0.2) is 0 Å². The number of halogens is 4. The molecule has 0 aliphatic heterocycles. The summed E-state index contributed by atoms with van der Waals surface area (Å²) in [5, 5.41) is 5.68. The largest absolute Gasteiger partial charge is 0.492 e. The van der Waals surface area contributed by atoms with Crippen molar-refractivity contribution in [2.45, 2.75) is 13.1 Å². The van der Waals surface area contributed by atoms with E-state index in [0.717, 1.165) is 12.1 Å². The van der Waals surface area contributed by atoms with Crippen molar-refractivity contribution in [3.63, 3.8) is 0 Å². The van der Waals surface area contributed by atoms with Crippen LogP contribution < -0.4 is 15.4 Å². The van der Waals surface area contributed by atoms with E-state index < -0.39 is 17.6 Å². The first-order valence-electron chi connectivity index (χ1n) is 7.43. The number of rotatable bonds is 6. The number of hydrogen-bond acceptors (Lipinski definition) is 3.